The molecule has 2 rings (SSSR count). The van der Waals surface area contributed by atoms with Gasteiger partial charge in [0.15, 0.2) is 0 Å². The lowest BCUT2D eigenvalue weighted by atomic mass is 10.1. The minimum absolute atomic E-state index is 0.102. The average Bonchev–Trinajstić information content (AvgIpc) is 2.83. The zero-order valence-corrected chi connectivity index (χ0v) is 12.0. The van der Waals surface area contributed by atoms with Crippen molar-refractivity contribution in [2.75, 3.05) is 5.32 Å². The molecule has 2 aromatic rings. The van der Waals surface area contributed by atoms with Crippen LogP contribution in [0.3, 0.4) is 0 Å². The van der Waals surface area contributed by atoms with Crippen LogP contribution in [0.25, 0.3) is 6.08 Å². The van der Waals surface area contributed by atoms with Crippen molar-refractivity contribution in [1.82, 2.24) is 0 Å². The number of rotatable bonds is 4. The number of amides is 1. The summed E-state index contributed by atoms with van der Waals surface area (Å²) in [4.78, 5) is 14.1. The summed E-state index contributed by atoms with van der Waals surface area (Å²) in [5, 5.41) is 2.85. The van der Waals surface area contributed by atoms with Gasteiger partial charge in [0.25, 0.3) is 0 Å². The number of anilines is 1. The molecule has 0 aliphatic heterocycles. The number of hydrogen-bond donors (Lipinski definition) is 1. The Kier molecular flexibility index (Phi) is 4.53. The van der Waals surface area contributed by atoms with Crippen molar-refractivity contribution in [1.29, 1.82) is 0 Å². The van der Waals surface area contributed by atoms with Gasteiger partial charge in [0.05, 0.1) is 0 Å². The molecule has 1 aromatic heterocycles. The van der Waals surface area contributed by atoms with Crippen LogP contribution in [-0.4, -0.2) is 5.91 Å². The molecule has 2 nitrogen and oxygen atoms in total. The Morgan fingerprint density at radius 1 is 1.21 bits per heavy atom. The number of carbonyl (C=O) groups excluding carboxylic acids is 1. The molecule has 0 spiro atoms. The van der Waals surface area contributed by atoms with Crippen LogP contribution >= 0.6 is 11.3 Å². The van der Waals surface area contributed by atoms with Crippen molar-refractivity contribution in [3.05, 3.63) is 57.8 Å². The molecule has 0 radical (unpaired) electrons. The Balaban J connectivity index is 1.95. The first-order valence-electron chi connectivity index (χ1n) is 6.32. The second kappa shape index (κ2) is 6.34. The molecular formula is C16H17NOS. The second-order valence-electron chi connectivity index (χ2n) is 4.32. The van der Waals surface area contributed by atoms with Crippen LogP contribution in [-0.2, 0) is 11.2 Å². The van der Waals surface area contributed by atoms with E-state index in [2.05, 4.69) is 19.2 Å². The number of benzene rings is 1. The summed E-state index contributed by atoms with van der Waals surface area (Å²) < 4.78 is 0. The van der Waals surface area contributed by atoms with Gasteiger partial charge in [0.2, 0.25) is 5.91 Å². The lowest BCUT2D eigenvalue weighted by Crippen LogP contribution is -2.07. The molecule has 0 bridgehead atoms. The van der Waals surface area contributed by atoms with Gasteiger partial charge in [-0.3, -0.25) is 4.79 Å². The van der Waals surface area contributed by atoms with Gasteiger partial charge in [-0.15, -0.1) is 11.3 Å². The van der Waals surface area contributed by atoms with Crippen LogP contribution in [0.15, 0.2) is 42.5 Å². The summed E-state index contributed by atoms with van der Waals surface area (Å²) in [5.41, 5.74) is 2.09. The van der Waals surface area contributed by atoms with Crippen LogP contribution < -0.4 is 5.32 Å². The molecule has 0 aliphatic rings. The Morgan fingerprint density at radius 3 is 2.53 bits per heavy atom. The van der Waals surface area contributed by atoms with Gasteiger partial charge in [0.1, 0.15) is 0 Å². The molecule has 0 unspecified atom stereocenters. The lowest BCUT2D eigenvalue weighted by molar-refractivity contribution is -0.111. The third-order valence-electron chi connectivity index (χ3n) is 2.79. The fourth-order valence-electron chi connectivity index (χ4n) is 1.71. The summed E-state index contributed by atoms with van der Waals surface area (Å²) in [6, 6.07) is 12.0. The number of aryl methyl sites for hydroxylation is 2. The molecule has 1 heterocycles. The second-order valence-corrected chi connectivity index (χ2v) is 5.64. The maximum atomic E-state index is 11.8. The van der Waals surface area contributed by atoms with Gasteiger partial charge in [0, 0.05) is 21.5 Å². The molecule has 19 heavy (non-hydrogen) atoms. The molecule has 0 fully saturated rings. The SMILES string of the molecule is CCc1ccc(NC(=O)/C=C/c2ccc(C)s2)cc1. The van der Waals surface area contributed by atoms with E-state index in [9.17, 15) is 4.79 Å². The highest BCUT2D eigenvalue weighted by Crippen LogP contribution is 2.16. The number of hydrogen-bond acceptors (Lipinski definition) is 2. The molecule has 0 atom stereocenters. The van der Waals surface area contributed by atoms with Gasteiger partial charge in [-0.25, -0.2) is 0 Å². The quantitative estimate of drug-likeness (QED) is 0.827. The van der Waals surface area contributed by atoms with Gasteiger partial charge in [-0.2, -0.15) is 0 Å². The minimum Gasteiger partial charge on any atom is -0.323 e. The van der Waals surface area contributed by atoms with E-state index in [1.807, 2.05) is 42.5 Å². The predicted octanol–water partition coefficient (Wildman–Crippen LogP) is 4.27. The van der Waals surface area contributed by atoms with Crippen LogP contribution in [0, 0.1) is 6.92 Å². The molecule has 0 saturated heterocycles. The summed E-state index contributed by atoms with van der Waals surface area (Å²) in [6.07, 6.45) is 4.41. The lowest BCUT2D eigenvalue weighted by Gasteiger charge is -2.02. The van der Waals surface area contributed by atoms with Crippen molar-refractivity contribution in [2.45, 2.75) is 20.3 Å². The topological polar surface area (TPSA) is 29.1 Å². The van der Waals surface area contributed by atoms with Crippen molar-refractivity contribution < 1.29 is 4.79 Å². The number of thiophene rings is 1. The number of carbonyl (C=O) groups is 1. The molecule has 0 saturated carbocycles. The highest BCUT2D eigenvalue weighted by atomic mass is 32.1. The maximum absolute atomic E-state index is 11.8. The first-order chi connectivity index (χ1) is 9.17. The predicted molar refractivity (Wildman–Crippen MR) is 82.5 cm³/mol. The Morgan fingerprint density at radius 2 is 1.95 bits per heavy atom. The molecule has 3 heteroatoms. The zero-order valence-electron chi connectivity index (χ0n) is 11.1. The maximum Gasteiger partial charge on any atom is 0.248 e. The standard InChI is InChI=1S/C16H17NOS/c1-3-13-5-7-14(8-6-13)17-16(18)11-10-15-9-4-12(2)19-15/h4-11H,3H2,1-2H3,(H,17,18)/b11-10+. The molecule has 1 N–H and O–H groups in total. The van der Waals surface area contributed by atoms with Gasteiger partial charge in [-0.1, -0.05) is 19.1 Å². The smallest absolute Gasteiger partial charge is 0.248 e. The summed E-state index contributed by atoms with van der Waals surface area (Å²) in [6.45, 7) is 4.16. The van der Waals surface area contributed by atoms with E-state index in [0.717, 1.165) is 17.0 Å². The van der Waals surface area contributed by atoms with E-state index in [0.29, 0.717) is 0 Å². The summed E-state index contributed by atoms with van der Waals surface area (Å²) >= 11 is 1.67. The molecule has 1 aromatic carbocycles. The van der Waals surface area contributed by atoms with E-state index in [4.69, 9.17) is 0 Å². The molecule has 98 valence electrons. The van der Waals surface area contributed by atoms with E-state index >= 15 is 0 Å². The largest absolute Gasteiger partial charge is 0.323 e. The molecule has 0 aliphatic carbocycles. The van der Waals surface area contributed by atoms with Crippen LogP contribution in [0.1, 0.15) is 22.2 Å². The van der Waals surface area contributed by atoms with E-state index < -0.39 is 0 Å². The number of nitrogens with one attached hydrogen (secondary N) is 1. The highest BCUT2D eigenvalue weighted by Gasteiger charge is 1.98. The zero-order chi connectivity index (χ0) is 13.7. The molecular weight excluding hydrogens is 254 g/mol. The highest BCUT2D eigenvalue weighted by molar-refractivity contribution is 7.12. The van der Waals surface area contributed by atoms with Crippen molar-refractivity contribution >= 4 is 29.0 Å². The van der Waals surface area contributed by atoms with Gasteiger partial charge in [-0.05, 0) is 49.2 Å². The van der Waals surface area contributed by atoms with Crippen molar-refractivity contribution in [2.24, 2.45) is 0 Å². The fourth-order valence-corrected chi connectivity index (χ4v) is 2.49. The Bertz CT molecular complexity index is 581. The minimum atomic E-state index is -0.102. The average molecular weight is 271 g/mol. The summed E-state index contributed by atoms with van der Waals surface area (Å²) in [5.74, 6) is -0.102. The third-order valence-corrected chi connectivity index (χ3v) is 3.76. The monoisotopic (exact) mass is 271 g/mol. The van der Waals surface area contributed by atoms with E-state index in [1.54, 1.807) is 17.4 Å². The fraction of sp³-hybridized carbons (Fsp3) is 0.188. The Labute approximate surface area is 117 Å². The first-order valence-corrected chi connectivity index (χ1v) is 7.13. The normalized spacial score (nSPS) is 10.8. The van der Waals surface area contributed by atoms with Crippen LogP contribution in [0.5, 0.6) is 0 Å². The van der Waals surface area contributed by atoms with E-state index in [1.165, 1.54) is 10.4 Å². The van der Waals surface area contributed by atoms with Crippen molar-refractivity contribution in [3.8, 4) is 0 Å². The summed E-state index contributed by atoms with van der Waals surface area (Å²) in [7, 11) is 0. The molecule has 1 amide bonds. The van der Waals surface area contributed by atoms with E-state index in [-0.39, 0.29) is 5.91 Å². The van der Waals surface area contributed by atoms with Gasteiger partial charge < -0.3 is 5.32 Å². The third kappa shape index (κ3) is 4.07. The van der Waals surface area contributed by atoms with Crippen molar-refractivity contribution in [3.63, 3.8) is 0 Å². The van der Waals surface area contributed by atoms with Crippen LogP contribution in [0.2, 0.25) is 0 Å². The Hall–Kier alpha value is -1.87. The first kappa shape index (κ1) is 13.6. The van der Waals surface area contributed by atoms with Crippen LogP contribution in [0.4, 0.5) is 5.69 Å². The van der Waals surface area contributed by atoms with Gasteiger partial charge >= 0.3 is 0 Å².